The number of nitrogens with zero attached hydrogens (tertiary/aromatic N) is 3. The molecule has 0 atom stereocenters. The van der Waals surface area contributed by atoms with Gasteiger partial charge in [-0.05, 0) is 13.3 Å². The van der Waals surface area contributed by atoms with E-state index in [2.05, 4.69) is 15.1 Å². The van der Waals surface area contributed by atoms with Crippen LogP contribution in [0.5, 0.6) is 0 Å². The fraction of sp³-hybridized carbons (Fsp3) is 0.300. The van der Waals surface area contributed by atoms with E-state index in [4.69, 9.17) is 0 Å². The minimum absolute atomic E-state index is 0.0926. The van der Waals surface area contributed by atoms with Gasteiger partial charge >= 0.3 is 0 Å². The van der Waals surface area contributed by atoms with Crippen LogP contribution in [0, 0.1) is 6.92 Å². The summed E-state index contributed by atoms with van der Waals surface area (Å²) in [5.41, 5.74) is 1.64. The van der Waals surface area contributed by atoms with E-state index in [1.165, 1.54) is 11.0 Å². The van der Waals surface area contributed by atoms with Gasteiger partial charge in [-0.1, -0.05) is 6.92 Å². The maximum Gasteiger partial charge on any atom is 0.272 e. The fourth-order valence-corrected chi connectivity index (χ4v) is 1.36. The summed E-state index contributed by atoms with van der Waals surface area (Å²) in [6, 6.07) is 3.34. The first-order valence-electron chi connectivity index (χ1n) is 4.80. The Kier molecular flexibility index (Phi) is 2.37. The molecule has 2 aromatic rings. The van der Waals surface area contributed by atoms with Crippen LogP contribution >= 0.6 is 0 Å². The zero-order chi connectivity index (χ0) is 10.8. The highest BCUT2D eigenvalue weighted by atomic mass is 16.1. The van der Waals surface area contributed by atoms with Gasteiger partial charge in [0.15, 0.2) is 5.82 Å². The molecule has 0 aromatic carbocycles. The molecule has 0 radical (unpaired) electrons. The Labute approximate surface area is 86.8 Å². The van der Waals surface area contributed by atoms with Crippen molar-refractivity contribution in [3.05, 3.63) is 40.2 Å². The highest BCUT2D eigenvalue weighted by Gasteiger charge is 2.04. The molecule has 0 saturated heterocycles. The summed E-state index contributed by atoms with van der Waals surface area (Å²) < 4.78 is 1.42. The Morgan fingerprint density at radius 1 is 1.40 bits per heavy atom. The van der Waals surface area contributed by atoms with Crippen LogP contribution in [0.15, 0.2) is 23.3 Å². The van der Waals surface area contributed by atoms with Gasteiger partial charge in [-0.3, -0.25) is 9.89 Å². The van der Waals surface area contributed by atoms with Crippen molar-refractivity contribution < 1.29 is 0 Å². The second-order valence-electron chi connectivity index (χ2n) is 3.33. The van der Waals surface area contributed by atoms with Gasteiger partial charge in [0.25, 0.3) is 5.56 Å². The maximum atomic E-state index is 11.6. The molecule has 1 N–H and O–H groups in total. The summed E-state index contributed by atoms with van der Waals surface area (Å²) in [7, 11) is 0. The van der Waals surface area contributed by atoms with Crippen molar-refractivity contribution in [3.63, 3.8) is 0 Å². The Balaban J connectivity index is 2.54. The Hall–Kier alpha value is -1.91. The molecule has 0 aliphatic carbocycles. The Bertz CT molecular complexity index is 526. The number of aromatic nitrogens is 4. The molecule has 0 saturated carbocycles. The molecule has 0 amide bonds. The highest BCUT2D eigenvalue weighted by molar-refractivity contribution is 5.22. The normalized spacial score (nSPS) is 10.5. The van der Waals surface area contributed by atoms with Crippen molar-refractivity contribution in [1.82, 2.24) is 19.7 Å². The number of H-pyrrole nitrogens is 1. The maximum absolute atomic E-state index is 11.6. The molecule has 5 heteroatoms. The van der Waals surface area contributed by atoms with E-state index in [9.17, 15) is 4.79 Å². The third-order valence-corrected chi connectivity index (χ3v) is 2.17. The third-order valence-electron chi connectivity index (χ3n) is 2.17. The second kappa shape index (κ2) is 3.68. The molecule has 15 heavy (non-hydrogen) atoms. The van der Waals surface area contributed by atoms with Gasteiger partial charge in [0, 0.05) is 23.5 Å². The molecule has 2 heterocycles. The monoisotopic (exact) mass is 204 g/mol. The van der Waals surface area contributed by atoms with Crippen LogP contribution in [0.1, 0.15) is 18.3 Å². The quantitative estimate of drug-likeness (QED) is 0.787. The average Bonchev–Trinajstić information content (AvgIpc) is 2.60. The second-order valence-corrected chi connectivity index (χ2v) is 3.33. The van der Waals surface area contributed by atoms with Crippen LogP contribution in [0.2, 0.25) is 0 Å². The van der Waals surface area contributed by atoms with Crippen molar-refractivity contribution >= 4 is 0 Å². The molecule has 78 valence electrons. The summed E-state index contributed by atoms with van der Waals surface area (Å²) in [5, 5.41) is 2.99. The van der Waals surface area contributed by atoms with E-state index >= 15 is 0 Å². The molecule has 2 aromatic heterocycles. The number of aromatic amines is 1. The van der Waals surface area contributed by atoms with Gasteiger partial charge in [-0.2, -0.15) is 0 Å². The van der Waals surface area contributed by atoms with E-state index in [1.807, 2.05) is 13.8 Å². The molecule has 0 aliphatic rings. The number of hydrogen-bond donors (Lipinski definition) is 1. The molecule has 0 aliphatic heterocycles. The van der Waals surface area contributed by atoms with Crippen molar-refractivity contribution in [2.24, 2.45) is 0 Å². The van der Waals surface area contributed by atoms with Gasteiger partial charge in [0.05, 0.1) is 0 Å². The van der Waals surface area contributed by atoms with E-state index in [-0.39, 0.29) is 5.56 Å². The lowest BCUT2D eigenvalue weighted by Gasteiger charge is -2.00. The molecule has 0 bridgehead atoms. The minimum Gasteiger partial charge on any atom is -0.294 e. The number of rotatable bonds is 2. The van der Waals surface area contributed by atoms with E-state index < -0.39 is 0 Å². The first kappa shape index (κ1) is 9.64. The minimum atomic E-state index is -0.0926. The van der Waals surface area contributed by atoms with Crippen LogP contribution < -0.4 is 5.56 Å². The van der Waals surface area contributed by atoms with Gasteiger partial charge < -0.3 is 0 Å². The molecule has 2 rings (SSSR count). The summed E-state index contributed by atoms with van der Waals surface area (Å²) in [6.07, 6.45) is 2.25. The van der Waals surface area contributed by atoms with Crippen LogP contribution in [-0.4, -0.2) is 19.7 Å². The lowest BCUT2D eigenvalue weighted by Crippen LogP contribution is -2.15. The van der Waals surface area contributed by atoms with Crippen molar-refractivity contribution in [1.29, 1.82) is 0 Å². The molecule has 0 unspecified atom stereocenters. The zero-order valence-corrected chi connectivity index (χ0v) is 8.69. The first-order chi connectivity index (χ1) is 7.20. The molecular weight excluding hydrogens is 192 g/mol. The van der Waals surface area contributed by atoms with Crippen molar-refractivity contribution in [3.8, 4) is 5.82 Å². The molecular formula is C10H12N4O. The van der Waals surface area contributed by atoms with E-state index in [1.54, 1.807) is 12.1 Å². The lowest BCUT2D eigenvalue weighted by atomic mass is 10.3. The van der Waals surface area contributed by atoms with Gasteiger partial charge in [0.2, 0.25) is 0 Å². The Morgan fingerprint density at radius 3 is 2.80 bits per heavy atom. The summed E-state index contributed by atoms with van der Waals surface area (Å²) in [6.45, 7) is 3.85. The zero-order valence-electron chi connectivity index (χ0n) is 8.69. The summed E-state index contributed by atoms with van der Waals surface area (Å²) in [5.74, 6) is 0.576. The fourth-order valence-electron chi connectivity index (χ4n) is 1.36. The molecule has 0 fully saturated rings. The highest BCUT2D eigenvalue weighted by Crippen LogP contribution is 2.01. The van der Waals surface area contributed by atoms with Gasteiger partial charge in [-0.25, -0.2) is 14.6 Å². The predicted octanol–water partition coefficient (Wildman–Crippen LogP) is 0.826. The standard InChI is InChI=1S/C10H12N4O/c1-3-8-5-10(15)14(13-8)9-4-7(2)11-6-12-9/h4-6,13H,3H2,1-2H3. The Morgan fingerprint density at radius 2 is 2.20 bits per heavy atom. The molecule has 0 spiro atoms. The van der Waals surface area contributed by atoms with Crippen LogP contribution in [0.4, 0.5) is 0 Å². The SMILES string of the molecule is CCc1cc(=O)n(-c2cc(C)ncn2)[nH]1. The van der Waals surface area contributed by atoms with Crippen LogP contribution in [0.3, 0.4) is 0 Å². The van der Waals surface area contributed by atoms with E-state index in [0.717, 1.165) is 17.8 Å². The first-order valence-corrected chi connectivity index (χ1v) is 4.80. The topological polar surface area (TPSA) is 63.6 Å². The van der Waals surface area contributed by atoms with E-state index in [0.29, 0.717) is 5.82 Å². The van der Waals surface area contributed by atoms with Crippen LogP contribution in [0.25, 0.3) is 5.82 Å². The summed E-state index contributed by atoms with van der Waals surface area (Å²) >= 11 is 0. The van der Waals surface area contributed by atoms with Crippen LogP contribution in [-0.2, 0) is 6.42 Å². The van der Waals surface area contributed by atoms with Gasteiger partial charge in [0.1, 0.15) is 6.33 Å². The van der Waals surface area contributed by atoms with Crippen molar-refractivity contribution in [2.75, 3.05) is 0 Å². The average molecular weight is 204 g/mol. The smallest absolute Gasteiger partial charge is 0.272 e. The third kappa shape index (κ3) is 1.81. The number of nitrogens with one attached hydrogen (secondary N) is 1. The van der Waals surface area contributed by atoms with Crippen molar-refractivity contribution in [2.45, 2.75) is 20.3 Å². The lowest BCUT2D eigenvalue weighted by molar-refractivity contribution is 0.787. The predicted molar refractivity (Wildman–Crippen MR) is 56.1 cm³/mol. The molecule has 5 nitrogen and oxygen atoms in total. The number of hydrogen-bond acceptors (Lipinski definition) is 3. The van der Waals surface area contributed by atoms with Gasteiger partial charge in [-0.15, -0.1) is 0 Å². The summed E-state index contributed by atoms with van der Waals surface area (Å²) in [4.78, 5) is 19.6. The number of aryl methyl sites for hydroxylation is 2. The largest absolute Gasteiger partial charge is 0.294 e.